The maximum atomic E-state index is 14.0. The van der Waals surface area contributed by atoms with E-state index >= 15 is 0 Å². The first-order valence-corrected chi connectivity index (χ1v) is 13.1. The molecule has 1 aromatic heterocycles. The van der Waals surface area contributed by atoms with Gasteiger partial charge in [0.05, 0.1) is 19.3 Å². The topological polar surface area (TPSA) is 181 Å². The summed E-state index contributed by atoms with van der Waals surface area (Å²) < 4.78 is 16.3. The highest BCUT2D eigenvalue weighted by molar-refractivity contribution is 6.41. The molecule has 3 aromatic rings. The van der Waals surface area contributed by atoms with Gasteiger partial charge in [0.15, 0.2) is 28.5 Å². The second-order valence-electron chi connectivity index (χ2n) is 11.2. The van der Waals surface area contributed by atoms with E-state index in [4.69, 9.17) is 13.9 Å². The van der Waals surface area contributed by atoms with Crippen LogP contribution in [0.15, 0.2) is 33.0 Å². The third-order valence-corrected chi connectivity index (χ3v) is 8.77. The zero-order valence-electron chi connectivity index (χ0n) is 22.6. The molecule has 0 bridgehead atoms. The predicted octanol–water partition coefficient (Wildman–Crippen LogP) is 2.01. The van der Waals surface area contributed by atoms with Crippen LogP contribution in [0.3, 0.4) is 0 Å². The van der Waals surface area contributed by atoms with Crippen LogP contribution in [0.2, 0.25) is 0 Å². The number of esters is 1. The lowest BCUT2D eigenvalue weighted by molar-refractivity contribution is -0.151. The largest absolute Gasteiger partial charge is 0.506 e. The summed E-state index contributed by atoms with van der Waals surface area (Å²) in [6, 6.07) is 4.33. The van der Waals surface area contributed by atoms with Crippen LogP contribution in [0, 0.1) is 0 Å². The molecule has 3 heterocycles. The molecule has 2 atom stereocenters. The van der Waals surface area contributed by atoms with Gasteiger partial charge in [-0.25, -0.2) is 4.79 Å². The van der Waals surface area contributed by atoms with Crippen LogP contribution in [0.25, 0.3) is 16.5 Å². The number of hydrogen-bond acceptors (Lipinski definition) is 11. The highest BCUT2D eigenvalue weighted by Gasteiger charge is 2.63. The number of nitrogens with zero attached hydrogens (tertiary/aromatic N) is 1. The summed E-state index contributed by atoms with van der Waals surface area (Å²) in [5, 5.41) is 31.9. The standard InChI is InChI=1S/C30H23NO11/c1-29(10-32)28(39)42-30(2)9-12-8-11-4-5-13-18(16(11)23(35)17(12)27(38)31(29)30)24(36)20-25(37)19-14(41-26(20)21(13)33)6-7-15(40-3)22(19)34/h6-8,32,34-35H,4-5,9-10H2,1-3H3/t29-,30-/m0/s1. The molecule has 1 saturated heterocycles. The van der Waals surface area contributed by atoms with E-state index in [0.29, 0.717) is 11.1 Å². The summed E-state index contributed by atoms with van der Waals surface area (Å²) in [7, 11) is 1.28. The minimum absolute atomic E-state index is 0.00848. The number of aliphatic hydroxyl groups excluding tert-OH is 1. The predicted molar refractivity (Wildman–Crippen MR) is 143 cm³/mol. The molecule has 0 radical (unpaired) electrons. The van der Waals surface area contributed by atoms with Gasteiger partial charge < -0.3 is 29.2 Å². The van der Waals surface area contributed by atoms with Crippen molar-refractivity contribution in [3.8, 4) is 17.2 Å². The Bertz CT molecular complexity index is 1970. The highest BCUT2D eigenvalue weighted by atomic mass is 16.6. The third-order valence-electron chi connectivity index (χ3n) is 8.77. The number of aliphatic hydroxyl groups is 1. The van der Waals surface area contributed by atoms with Crippen molar-refractivity contribution in [2.75, 3.05) is 13.7 Å². The maximum absolute atomic E-state index is 14.0. The van der Waals surface area contributed by atoms with Crippen LogP contribution < -0.4 is 10.2 Å². The number of phenols is 2. The Morgan fingerprint density at radius 2 is 1.69 bits per heavy atom. The Morgan fingerprint density at radius 3 is 2.38 bits per heavy atom. The quantitative estimate of drug-likeness (QED) is 0.382. The highest BCUT2D eigenvalue weighted by Crippen LogP contribution is 2.50. The summed E-state index contributed by atoms with van der Waals surface area (Å²) in [4.78, 5) is 69.0. The fraction of sp³-hybridized carbons (Fsp3) is 0.300. The van der Waals surface area contributed by atoms with Crippen molar-refractivity contribution >= 4 is 40.0 Å². The van der Waals surface area contributed by atoms with Crippen molar-refractivity contribution in [3.05, 3.63) is 67.6 Å². The van der Waals surface area contributed by atoms with Crippen molar-refractivity contribution < 1.29 is 48.4 Å². The van der Waals surface area contributed by atoms with Crippen LogP contribution in [0.5, 0.6) is 17.2 Å². The van der Waals surface area contributed by atoms with E-state index in [1.807, 2.05) is 0 Å². The lowest BCUT2D eigenvalue weighted by Crippen LogP contribution is -2.60. The van der Waals surface area contributed by atoms with Crippen LogP contribution in [0.4, 0.5) is 0 Å². The van der Waals surface area contributed by atoms with Crippen molar-refractivity contribution in [2.24, 2.45) is 0 Å². The lowest BCUT2D eigenvalue weighted by Gasteiger charge is -2.43. The molecule has 4 aliphatic rings. The van der Waals surface area contributed by atoms with Gasteiger partial charge in [0, 0.05) is 23.1 Å². The van der Waals surface area contributed by atoms with Crippen LogP contribution >= 0.6 is 0 Å². The Balaban J connectivity index is 1.45. The molecule has 0 unspecified atom stereocenters. The molecule has 12 heteroatoms. The fourth-order valence-electron chi connectivity index (χ4n) is 6.81. The van der Waals surface area contributed by atoms with E-state index in [1.54, 1.807) is 6.07 Å². The van der Waals surface area contributed by atoms with Gasteiger partial charge in [-0.2, -0.15) is 0 Å². The normalized spacial score (nSPS) is 24.2. The van der Waals surface area contributed by atoms with E-state index in [0.717, 1.165) is 4.90 Å². The first kappa shape index (κ1) is 26.0. The summed E-state index contributed by atoms with van der Waals surface area (Å²) in [5.41, 5.74) is -4.45. The third kappa shape index (κ3) is 2.91. The summed E-state index contributed by atoms with van der Waals surface area (Å²) >= 11 is 0. The monoisotopic (exact) mass is 573 g/mol. The van der Waals surface area contributed by atoms with Crippen molar-refractivity contribution in [3.63, 3.8) is 0 Å². The average molecular weight is 574 g/mol. The SMILES string of the molecule is COc1ccc2oc3c(c(=O)c2c1O)C(=O)C1=C(CCc2cc4c(c(O)c21)C(=O)N1[C@@](C)(CO)C(=O)O[C@@]1(C)C4)C3=O. The number of ether oxygens (including phenoxy) is 2. The van der Waals surface area contributed by atoms with E-state index in [2.05, 4.69) is 0 Å². The molecule has 42 heavy (non-hydrogen) atoms. The molecule has 0 spiro atoms. The number of aryl methyl sites for hydroxylation is 1. The minimum atomic E-state index is -1.71. The number of allylic oxidation sites excluding steroid dienone is 2. The van der Waals surface area contributed by atoms with Crippen molar-refractivity contribution in [1.82, 2.24) is 4.90 Å². The molecule has 12 nitrogen and oxygen atoms in total. The van der Waals surface area contributed by atoms with Gasteiger partial charge in [-0.15, -0.1) is 0 Å². The van der Waals surface area contributed by atoms with Crippen LogP contribution in [-0.4, -0.2) is 68.6 Å². The average Bonchev–Trinajstić information content (AvgIpc) is 3.15. The number of fused-ring (bicyclic) bond motifs is 6. The number of aromatic hydroxyl groups is 2. The summed E-state index contributed by atoms with van der Waals surface area (Å²) in [6.07, 6.45) is 0.325. The molecule has 0 saturated carbocycles. The Kier molecular flexibility index (Phi) is 4.99. The molecular weight excluding hydrogens is 550 g/mol. The number of rotatable bonds is 2. The van der Waals surface area contributed by atoms with Crippen LogP contribution in [-0.2, 0) is 22.4 Å². The molecule has 2 aromatic carbocycles. The number of benzene rings is 2. The molecule has 7 rings (SSSR count). The van der Waals surface area contributed by atoms with Crippen molar-refractivity contribution in [2.45, 2.75) is 44.4 Å². The van der Waals surface area contributed by atoms with Crippen LogP contribution in [0.1, 0.15) is 68.2 Å². The molecule has 214 valence electrons. The van der Waals surface area contributed by atoms with Crippen molar-refractivity contribution in [1.29, 1.82) is 0 Å². The van der Waals surface area contributed by atoms with Gasteiger partial charge in [-0.1, -0.05) is 6.07 Å². The molecule has 1 fully saturated rings. The Labute approximate surface area is 236 Å². The second-order valence-corrected chi connectivity index (χ2v) is 11.2. The van der Waals surface area contributed by atoms with E-state index in [9.17, 15) is 39.3 Å². The van der Waals surface area contributed by atoms with Gasteiger partial charge in [0.2, 0.25) is 17.0 Å². The zero-order valence-corrected chi connectivity index (χ0v) is 22.6. The minimum Gasteiger partial charge on any atom is -0.506 e. The summed E-state index contributed by atoms with van der Waals surface area (Å²) in [5.74, 6) is -4.88. The van der Waals surface area contributed by atoms with Gasteiger partial charge in [-0.3, -0.25) is 24.1 Å². The number of carbonyl (C=O) groups is 4. The van der Waals surface area contributed by atoms with Gasteiger partial charge in [0.1, 0.15) is 22.3 Å². The van der Waals surface area contributed by atoms with Gasteiger partial charge in [-0.05, 0) is 49.9 Å². The number of phenolic OH excluding ortho intramolecular Hbond substituents is 2. The maximum Gasteiger partial charge on any atom is 0.336 e. The number of methoxy groups -OCH3 is 1. The number of amides is 1. The molecule has 3 N–H and O–H groups in total. The number of Topliss-reactive ketones (excluding diaryl/α,β-unsaturated/α-hetero) is 2. The number of hydrogen-bond donors (Lipinski definition) is 3. The van der Waals surface area contributed by atoms with E-state index in [-0.39, 0.29) is 58.3 Å². The number of carbonyl (C=O) groups excluding carboxylic acids is 4. The molecular formula is C30H23NO11. The summed E-state index contributed by atoms with van der Waals surface area (Å²) in [6.45, 7) is 2.17. The Morgan fingerprint density at radius 1 is 0.952 bits per heavy atom. The molecule has 1 amide bonds. The Hall–Kier alpha value is -4.97. The molecule has 2 aliphatic heterocycles. The first-order chi connectivity index (χ1) is 19.9. The van der Waals surface area contributed by atoms with Gasteiger partial charge in [0.25, 0.3) is 5.91 Å². The zero-order chi connectivity index (χ0) is 30.0. The smallest absolute Gasteiger partial charge is 0.336 e. The second kappa shape index (κ2) is 8.07. The van der Waals surface area contributed by atoms with E-state index in [1.165, 1.54) is 33.1 Å². The lowest BCUT2D eigenvalue weighted by atomic mass is 9.73. The van der Waals surface area contributed by atoms with Gasteiger partial charge >= 0.3 is 5.97 Å². The molecule has 2 aliphatic carbocycles. The number of ketones is 2. The first-order valence-electron chi connectivity index (χ1n) is 13.1. The fourth-order valence-corrected chi connectivity index (χ4v) is 6.81. The van der Waals surface area contributed by atoms with E-state index < -0.39 is 69.6 Å².